The minimum Gasteiger partial charge on any atom is -0.493 e. The van der Waals surface area contributed by atoms with Crippen LogP contribution in [0.1, 0.15) is 37.3 Å². The number of benzene rings is 1. The number of ether oxygens (including phenoxy) is 2. The second-order valence-corrected chi connectivity index (χ2v) is 6.52. The smallest absolute Gasteiger partial charge is 0.125 e. The molecular formula is C17H24ClNO2. The molecule has 4 heteroatoms. The maximum absolute atomic E-state index is 6.28. The van der Waals surface area contributed by atoms with Crippen LogP contribution in [0, 0.1) is 0 Å². The van der Waals surface area contributed by atoms with Gasteiger partial charge in [0, 0.05) is 24.6 Å². The van der Waals surface area contributed by atoms with Crippen LogP contribution in [0.25, 0.3) is 0 Å². The van der Waals surface area contributed by atoms with Crippen LogP contribution in [0.3, 0.4) is 0 Å². The van der Waals surface area contributed by atoms with Gasteiger partial charge >= 0.3 is 0 Å². The van der Waals surface area contributed by atoms with Crippen LogP contribution >= 0.6 is 11.6 Å². The summed E-state index contributed by atoms with van der Waals surface area (Å²) in [5.41, 5.74) is 2.43. The van der Waals surface area contributed by atoms with Gasteiger partial charge < -0.3 is 14.8 Å². The average Bonchev–Trinajstić information content (AvgIpc) is 2.86. The molecule has 1 aliphatic heterocycles. The third kappa shape index (κ3) is 2.79. The van der Waals surface area contributed by atoms with E-state index in [4.69, 9.17) is 21.1 Å². The Labute approximate surface area is 132 Å². The fraction of sp³-hybridized carbons (Fsp3) is 0.647. The molecule has 21 heavy (non-hydrogen) atoms. The summed E-state index contributed by atoms with van der Waals surface area (Å²) in [6, 6.07) is 4.40. The number of hydrogen-bond donors (Lipinski definition) is 1. The highest BCUT2D eigenvalue weighted by atomic mass is 35.5. The van der Waals surface area contributed by atoms with Gasteiger partial charge in [-0.1, -0.05) is 18.5 Å². The lowest BCUT2D eigenvalue weighted by Gasteiger charge is -2.47. The van der Waals surface area contributed by atoms with Crippen LogP contribution in [0.4, 0.5) is 0 Å². The Kier molecular flexibility index (Phi) is 4.43. The van der Waals surface area contributed by atoms with E-state index in [0.29, 0.717) is 6.04 Å². The van der Waals surface area contributed by atoms with Gasteiger partial charge in [0.05, 0.1) is 12.2 Å². The summed E-state index contributed by atoms with van der Waals surface area (Å²) in [7, 11) is 1.84. The third-order valence-corrected chi connectivity index (χ3v) is 5.16. The molecule has 0 radical (unpaired) electrons. The zero-order valence-electron chi connectivity index (χ0n) is 12.9. The third-order valence-electron chi connectivity index (χ3n) is 4.94. The Bertz CT molecular complexity index is 508. The monoisotopic (exact) mass is 309 g/mol. The Morgan fingerprint density at radius 1 is 1.43 bits per heavy atom. The van der Waals surface area contributed by atoms with E-state index in [1.54, 1.807) is 0 Å². The van der Waals surface area contributed by atoms with Crippen molar-refractivity contribution in [3.05, 3.63) is 28.3 Å². The summed E-state index contributed by atoms with van der Waals surface area (Å²) >= 11 is 6.28. The molecule has 0 aromatic heterocycles. The number of likely N-dealkylation sites (N-methyl/N-ethyl adjacent to an activating group) is 1. The van der Waals surface area contributed by atoms with Crippen LogP contribution < -0.4 is 10.1 Å². The Morgan fingerprint density at radius 2 is 2.24 bits per heavy atom. The van der Waals surface area contributed by atoms with E-state index in [0.717, 1.165) is 49.6 Å². The van der Waals surface area contributed by atoms with Crippen molar-refractivity contribution in [2.45, 2.75) is 50.7 Å². The molecule has 0 saturated heterocycles. The first kappa shape index (κ1) is 15.1. The summed E-state index contributed by atoms with van der Waals surface area (Å²) in [6.45, 7) is 3.86. The molecule has 0 bridgehead atoms. The number of fused-ring (bicyclic) bond motifs is 1. The van der Waals surface area contributed by atoms with Gasteiger partial charge in [0.25, 0.3) is 0 Å². The van der Waals surface area contributed by atoms with E-state index < -0.39 is 0 Å². The molecule has 2 aliphatic rings. The lowest BCUT2D eigenvalue weighted by Crippen LogP contribution is -2.57. The molecule has 1 unspecified atom stereocenters. The topological polar surface area (TPSA) is 30.5 Å². The minimum atomic E-state index is -0.0240. The fourth-order valence-electron chi connectivity index (χ4n) is 3.63. The first-order valence-corrected chi connectivity index (χ1v) is 8.29. The molecule has 1 aromatic carbocycles. The summed E-state index contributed by atoms with van der Waals surface area (Å²) in [4.78, 5) is 0. The predicted molar refractivity (Wildman–Crippen MR) is 85.4 cm³/mol. The Hall–Kier alpha value is -0.770. The highest BCUT2D eigenvalue weighted by Gasteiger charge is 2.44. The zero-order valence-corrected chi connectivity index (χ0v) is 13.6. The molecule has 3 rings (SSSR count). The quantitative estimate of drug-likeness (QED) is 0.874. The molecule has 1 N–H and O–H groups in total. The second-order valence-electron chi connectivity index (χ2n) is 6.09. The van der Waals surface area contributed by atoms with Gasteiger partial charge in [-0.2, -0.15) is 0 Å². The molecular weight excluding hydrogens is 286 g/mol. The van der Waals surface area contributed by atoms with Gasteiger partial charge in [-0.3, -0.25) is 0 Å². The SMILES string of the molecule is CCNC(Cc1cc(Cl)cc2c1OCC2)C1(OC)CCC1. The largest absolute Gasteiger partial charge is 0.493 e. The first-order valence-electron chi connectivity index (χ1n) is 7.91. The van der Waals surface area contributed by atoms with E-state index >= 15 is 0 Å². The normalized spacial score (nSPS) is 20.5. The molecule has 1 heterocycles. The number of methoxy groups -OCH3 is 1. The Balaban J connectivity index is 1.86. The van der Waals surface area contributed by atoms with Crippen LogP contribution in [0.2, 0.25) is 5.02 Å². The van der Waals surface area contributed by atoms with E-state index in [2.05, 4.69) is 18.3 Å². The van der Waals surface area contributed by atoms with Gasteiger partial charge in [0.15, 0.2) is 0 Å². The second kappa shape index (κ2) is 6.15. The number of rotatable bonds is 6. The standard InChI is InChI=1S/C17H24ClNO2/c1-3-19-15(17(20-2)6-4-7-17)11-13-10-14(18)9-12-5-8-21-16(12)13/h9-10,15,19H,3-8,11H2,1-2H3. The van der Waals surface area contributed by atoms with E-state index in [-0.39, 0.29) is 5.60 Å². The maximum atomic E-state index is 6.28. The molecule has 1 saturated carbocycles. The van der Waals surface area contributed by atoms with Gasteiger partial charge in [0.2, 0.25) is 0 Å². The maximum Gasteiger partial charge on any atom is 0.125 e. The van der Waals surface area contributed by atoms with E-state index in [9.17, 15) is 0 Å². The van der Waals surface area contributed by atoms with Crippen molar-refractivity contribution in [2.24, 2.45) is 0 Å². The molecule has 1 fully saturated rings. The van der Waals surface area contributed by atoms with Crippen LogP contribution in [-0.2, 0) is 17.6 Å². The summed E-state index contributed by atoms with van der Waals surface area (Å²) in [6.07, 6.45) is 5.38. The zero-order chi connectivity index (χ0) is 14.9. The lowest BCUT2D eigenvalue weighted by atomic mass is 9.72. The van der Waals surface area contributed by atoms with Crippen molar-refractivity contribution >= 4 is 11.6 Å². The highest BCUT2D eigenvalue weighted by Crippen LogP contribution is 2.41. The Morgan fingerprint density at radius 3 is 2.86 bits per heavy atom. The summed E-state index contributed by atoms with van der Waals surface area (Å²) in [5.74, 6) is 1.05. The van der Waals surface area contributed by atoms with Crippen molar-refractivity contribution < 1.29 is 9.47 Å². The highest BCUT2D eigenvalue weighted by molar-refractivity contribution is 6.30. The van der Waals surface area contributed by atoms with E-state index in [1.165, 1.54) is 17.5 Å². The van der Waals surface area contributed by atoms with Crippen molar-refractivity contribution in [1.29, 1.82) is 0 Å². The van der Waals surface area contributed by atoms with Crippen molar-refractivity contribution in [3.8, 4) is 5.75 Å². The van der Waals surface area contributed by atoms with Gasteiger partial charge in [-0.05, 0) is 55.5 Å². The van der Waals surface area contributed by atoms with Crippen LogP contribution in [-0.4, -0.2) is 31.9 Å². The molecule has 1 aromatic rings. The summed E-state index contributed by atoms with van der Waals surface area (Å²) < 4.78 is 11.7. The van der Waals surface area contributed by atoms with Gasteiger partial charge in [-0.25, -0.2) is 0 Å². The molecule has 0 amide bonds. The average molecular weight is 310 g/mol. The number of halogens is 1. The van der Waals surface area contributed by atoms with Gasteiger partial charge in [0.1, 0.15) is 5.75 Å². The molecule has 1 aliphatic carbocycles. The lowest BCUT2D eigenvalue weighted by molar-refractivity contribution is -0.0978. The van der Waals surface area contributed by atoms with E-state index in [1.807, 2.05) is 13.2 Å². The van der Waals surface area contributed by atoms with Crippen molar-refractivity contribution in [3.63, 3.8) is 0 Å². The molecule has 0 spiro atoms. The minimum absolute atomic E-state index is 0.0240. The molecule has 1 atom stereocenters. The molecule has 3 nitrogen and oxygen atoms in total. The van der Waals surface area contributed by atoms with Crippen molar-refractivity contribution in [1.82, 2.24) is 5.32 Å². The first-order chi connectivity index (χ1) is 10.2. The number of hydrogen-bond acceptors (Lipinski definition) is 3. The van der Waals surface area contributed by atoms with Gasteiger partial charge in [-0.15, -0.1) is 0 Å². The predicted octanol–water partition coefficient (Wildman–Crippen LogP) is 3.36. The summed E-state index contributed by atoms with van der Waals surface area (Å²) in [5, 5.41) is 4.42. The van der Waals surface area contributed by atoms with Crippen LogP contribution in [0.5, 0.6) is 5.75 Å². The van der Waals surface area contributed by atoms with Crippen molar-refractivity contribution in [2.75, 3.05) is 20.3 Å². The van der Waals surface area contributed by atoms with Crippen LogP contribution in [0.15, 0.2) is 12.1 Å². The molecule has 116 valence electrons. The fourth-order valence-corrected chi connectivity index (χ4v) is 3.89. The number of nitrogens with one attached hydrogen (secondary N) is 1.